The summed E-state index contributed by atoms with van der Waals surface area (Å²) in [6.45, 7) is 15.7. The van der Waals surface area contributed by atoms with E-state index in [2.05, 4.69) is 46.8 Å². The maximum Gasteiger partial charge on any atom is 0.131 e. The molecule has 0 aliphatic carbocycles. The largest absolute Gasteiger partial charge is 0.508 e. The van der Waals surface area contributed by atoms with Crippen LogP contribution >= 0.6 is 0 Å². The molecule has 0 unspecified atom stereocenters. The van der Waals surface area contributed by atoms with E-state index in [0.717, 1.165) is 46.6 Å². The first-order valence-corrected chi connectivity index (χ1v) is 12.3. The molecule has 0 saturated carbocycles. The minimum Gasteiger partial charge on any atom is -0.508 e. The third-order valence-electron chi connectivity index (χ3n) is 6.92. The lowest BCUT2D eigenvalue weighted by molar-refractivity contribution is 0.121. The molecule has 2 nitrogen and oxygen atoms in total. The van der Waals surface area contributed by atoms with Crippen LogP contribution in [0.25, 0.3) is 6.08 Å². The number of hydrogen-bond donors (Lipinski definition) is 1. The van der Waals surface area contributed by atoms with E-state index in [1.54, 1.807) is 0 Å². The van der Waals surface area contributed by atoms with Crippen molar-refractivity contribution in [2.75, 3.05) is 0 Å². The molecule has 0 saturated heterocycles. The summed E-state index contributed by atoms with van der Waals surface area (Å²) in [7, 11) is 0. The highest BCUT2D eigenvalue weighted by Crippen LogP contribution is 2.41. The molecule has 170 valence electrons. The second-order valence-corrected chi connectivity index (χ2v) is 10.7. The molecule has 0 spiro atoms. The van der Waals surface area contributed by atoms with Crippen molar-refractivity contribution in [3.63, 3.8) is 0 Å². The maximum absolute atomic E-state index is 10.1. The Bertz CT molecular complexity index is 703. The molecule has 2 heteroatoms. The Kier molecular flexibility index (Phi) is 9.31. The van der Waals surface area contributed by atoms with Gasteiger partial charge in [-0.05, 0) is 69.1 Å². The Hall–Kier alpha value is -1.44. The number of fused-ring (bicyclic) bond motifs is 1. The normalized spacial score (nSPS) is 20.1. The van der Waals surface area contributed by atoms with Gasteiger partial charge in [-0.3, -0.25) is 0 Å². The quantitative estimate of drug-likeness (QED) is 0.371. The van der Waals surface area contributed by atoms with Crippen LogP contribution in [-0.2, 0) is 0 Å². The molecule has 1 aliphatic heterocycles. The van der Waals surface area contributed by atoms with Crippen molar-refractivity contribution in [1.29, 1.82) is 0 Å². The molecule has 1 heterocycles. The van der Waals surface area contributed by atoms with Crippen molar-refractivity contribution in [2.24, 2.45) is 17.8 Å². The Morgan fingerprint density at radius 2 is 1.47 bits per heavy atom. The van der Waals surface area contributed by atoms with Gasteiger partial charge in [-0.2, -0.15) is 0 Å². The third kappa shape index (κ3) is 7.36. The molecule has 0 radical (unpaired) electrons. The smallest absolute Gasteiger partial charge is 0.131 e. The first kappa shape index (κ1) is 24.8. The highest BCUT2D eigenvalue weighted by atomic mass is 16.5. The Balaban J connectivity index is 1.71. The lowest BCUT2D eigenvalue weighted by Crippen LogP contribution is -2.32. The second-order valence-electron chi connectivity index (χ2n) is 10.7. The average Bonchev–Trinajstić information content (AvgIpc) is 2.66. The molecule has 1 aliphatic rings. The van der Waals surface area contributed by atoms with Crippen LogP contribution in [0.1, 0.15) is 109 Å². The molecule has 0 fully saturated rings. The molecule has 2 rings (SSSR count). The fraction of sp³-hybridized carbons (Fsp3) is 0.714. The molecule has 0 amide bonds. The Morgan fingerprint density at radius 1 is 0.900 bits per heavy atom. The van der Waals surface area contributed by atoms with Crippen molar-refractivity contribution in [2.45, 2.75) is 112 Å². The van der Waals surface area contributed by atoms with Gasteiger partial charge in [-0.15, -0.1) is 0 Å². The van der Waals surface area contributed by atoms with E-state index in [-0.39, 0.29) is 5.60 Å². The van der Waals surface area contributed by atoms with E-state index in [9.17, 15) is 5.11 Å². The number of phenolic OH excluding ortho intramolecular Hbond substituents is 1. The predicted octanol–water partition coefficient (Wildman–Crippen LogP) is 8.61. The molecule has 0 aromatic heterocycles. The van der Waals surface area contributed by atoms with Gasteiger partial charge in [0.2, 0.25) is 0 Å². The minimum absolute atomic E-state index is 0.244. The van der Waals surface area contributed by atoms with Gasteiger partial charge < -0.3 is 9.84 Å². The molecule has 30 heavy (non-hydrogen) atoms. The van der Waals surface area contributed by atoms with Crippen LogP contribution in [-0.4, -0.2) is 10.7 Å². The number of hydrogen-bond acceptors (Lipinski definition) is 2. The molecule has 1 aromatic carbocycles. The summed E-state index contributed by atoms with van der Waals surface area (Å²) >= 11 is 0. The standard InChI is InChI=1S/C28H46O2/c1-20(2)11-8-12-21(3)13-9-14-22(4)15-10-17-28(7)18-16-25-24(6)26(29)19-23(5)27(25)30-28/h16,18-22,29H,8-15,17H2,1-7H3/t21-,22-,28+/m1/s1. The summed E-state index contributed by atoms with van der Waals surface area (Å²) in [5.74, 6) is 3.80. The zero-order valence-electron chi connectivity index (χ0n) is 20.7. The number of aromatic hydroxyl groups is 1. The lowest BCUT2D eigenvalue weighted by Gasteiger charge is -2.33. The molecule has 1 aromatic rings. The van der Waals surface area contributed by atoms with Crippen molar-refractivity contribution >= 4 is 6.08 Å². The van der Waals surface area contributed by atoms with Gasteiger partial charge in [-0.25, -0.2) is 0 Å². The predicted molar refractivity (Wildman–Crippen MR) is 130 cm³/mol. The first-order chi connectivity index (χ1) is 14.1. The van der Waals surface area contributed by atoms with Gasteiger partial charge in [-0.1, -0.05) is 78.7 Å². The first-order valence-electron chi connectivity index (χ1n) is 12.3. The van der Waals surface area contributed by atoms with Crippen LogP contribution in [0, 0.1) is 31.6 Å². The van der Waals surface area contributed by atoms with Gasteiger partial charge in [0.25, 0.3) is 0 Å². The van der Waals surface area contributed by atoms with Crippen LogP contribution in [0.3, 0.4) is 0 Å². The number of phenols is 1. The molecule has 1 N–H and O–H groups in total. The summed E-state index contributed by atoms with van der Waals surface area (Å²) in [4.78, 5) is 0. The average molecular weight is 415 g/mol. The van der Waals surface area contributed by atoms with E-state index in [1.165, 1.54) is 51.4 Å². The zero-order chi connectivity index (χ0) is 22.3. The molecule has 3 atom stereocenters. The summed E-state index contributed by atoms with van der Waals surface area (Å²) < 4.78 is 6.44. The zero-order valence-corrected chi connectivity index (χ0v) is 20.7. The topological polar surface area (TPSA) is 29.5 Å². The Labute approximate surface area is 186 Å². The molecular formula is C28H46O2. The number of ether oxygens (including phenoxy) is 1. The minimum atomic E-state index is -0.244. The summed E-state index contributed by atoms with van der Waals surface area (Å²) in [5.41, 5.74) is 2.70. The lowest BCUT2D eigenvalue weighted by atomic mass is 9.88. The number of benzene rings is 1. The fourth-order valence-corrected chi connectivity index (χ4v) is 4.68. The second kappa shape index (κ2) is 11.3. The van der Waals surface area contributed by atoms with Gasteiger partial charge in [0.1, 0.15) is 17.1 Å². The van der Waals surface area contributed by atoms with Crippen LogP contribution < -0.4 is 4.74 Å². The van der Waals surface area contributed by atoms with Gasteiger partial charge in [0, 0.05) is 11.1 Å². The van der Waals surface area contributed by atoms with E-state index >= 15 is 0 Å². The van der Waals surface area contributed by atoms with E-state index < -0.39 is 0 Å². The van der Waals surface area contributed by atoms with Crippen molar-refractivity contribution in [3.05, 3.63) is 28.8 Å². The highest BCUT2D eigenvalue weighted by molar-refractivity contribution is 5.69. The van der Waals surface area contributed by atoms with Crippen LogP contribution in [0.4, 0.5) is 0 Å². The summed E-state index contributed by atoms with van der Waals surface area (Å²) in [6, 6.07) is 1.82. The fourth-order valence-electron chi connectivity index (χ4n) is 4.68. The summed E-state index contributed by atoms with van der Waals surface area (Å²) in [5, 5.41) is 10.1. The van der Waals surface area contributed by atoms with Crippen LogP contribution in [0.2, 0.25) is 0 Å². The third-order valence-corrected chi connectivity index (χ3v) is 6.92. The van der Waals surface area contributed by atoms with Crippen LogP contribution in [0.15, 0.2) is 12.1 Å². The molecule has 0 bridgehead atoms. The number of rotatable bonds is 12. The van der Waals surface area contributed by atoms with E-state index in [4.69, 9.17) is 4.74 Å². The Morgan fingerprint density at radius 3 is 2.07 bits per heavy atom. The van der Waals surface area contributed by atoms with Gasteiger partial charge in [0.05, 0.1) is 0 Å². The van der Waals surface area contributed by atoms with Gasteiger partial charge >= 0.3 is 0 Å². The van der Waals surface area contributed by atoms with Gasteiger partial charge in [0.15, 0.2) is 0 Å². The van der Waals surface area contributed by atoms with Crippen molar-refractivity contribution in [1.82, 2.24) is 0 Å². The maximum atomic E-state index is 10.1. The SMILES string of the molecule is Cc1cc(O)c(C)c2c1O[C@@](C)(CCC[C@H](C)CCC[C@H](C)CCCC(C)C)C=C2. The van der Waals surface area contributed by atoms with Crippen molar-refractivity contribution < 1.29 is 9.84 Å². The monoisotopic (exact) mass is 414 g/mol. The number of aryl methyl sites for hydroxylation is 1. The molecular weight excluding hydrogens is 368 g/mol. The van der Waals surface area contributed by atoms with E-state index in [0.29, 0.717) is 5.75 Å². The summed E-state index contributed by atoms with van der Waals surface area (Å²) in [6.07, 6.45) is 16.1. The highest BCUT2D eigenvalue weighted by Gasteiger charge is 2.29. The van der Waals surface area contributed by atoms with Crippen LogP contribution in [0.5, 0.6) is 11.5 Å². The van der Waals surface area contributed by atoms with E-state index in [1.807, 2.05) is 19.9 Å². The van der Waals surface area contributed by atoms with Crippen molar-refractivity contribution in [3.8, 4) is 11.5 Å².